The van der Waals surface area contributed by atoms with E-state index in [1.807, 2.05) is 63.3 Å². The molecule has 0 bridgehead atoms. The van der Waals surface area contributed by atoms with Crippen LogP contribution in [0.25, 0.3) is 11.1 Å². The number of likely N-dealkylation sites (tertiary alicyclic amines) is 2. The van der Waals surface area contributed by atoms with Crippen molar-refractivity contribution in [2.24, 2.45) is 13.0 Å². The number of amides is 4. The number of hydrogen-bond donors (Lipinski definition) is 1. The standard InChI is InChI=1S/C32H40N6O6.C14H28N2O2.CH4/c1-21-18-22(19-26-28(21)35(3)31(41)43-26)20-27(29(39)36-16-14-34(2)15-17-36)44-32(42)37-11-9-24(10-12-37)38-13-8-23-6-4-5-7-25(23)33-30(38)40;1-13-5-9-16(10-6-13)11-7-14(17)18-12-4-8-15(2)3;/h4-7,18-19,24,27H,8-17,20H2,1-3H3,(H,33,40);13H,4-12H2,1-3H3;1H4/t27-;;/m1../s1. The highest BCUT2D eigenvalue weighted by molar-refractivity contribution is 5.91. The fourth-order valence-electron chi connectivity index (χ4n) is 8.79. The minimum atomic E-state index is -1.02. The van der Waals surface area contributed by atoms with E-state index in [4.69, 9.17) is 13.9 Å². The van der Waals surface area contributed by atoms with Crippen molar-refractivity contribution >= 4 is 40.8 Å². The van der Waals surface area contributed by atoms with Gasteiger partial charge in [-0.05, 0) is 114 Å². The number of esters is 1. The van der Waals surface area contributed by atoms with Crippen LogP contribution < -0.4 is 11.1 Å². The molecule has 4 amide bonds. The summed E-state index contributed by atoms with van der Waals surface area (Å²) in [6.45, 7) is 12.9. The predicted octanol–water partition coefficient (Wildman–Crippen LogP) is 5.06. The molecule has 0 aliphatic carbocycles. The normalized spacial score (nSPS) is 18.5. The third-order valence-corrected chi connectivity index (χ3v) is 12.7. The van der Waals surface area contributed by atoms with Gasteiger partial charge in [-0.15, -0.1) is 0 Å². The molecule has 3 fully saturated rings. The lowest BCUT2D eigenvalue weighted by atomic mass is 9.99. The van der Waals surface area contributed by atoms with Gasteiger partial charge in [0.25, 0.3) is 5.91 Å². The summed E-state index contributed by atoms with van der Waals surface area (Å²) in [5.74, 6) is 0.114. The van der Waals surface area contributed by atoms with Crippen LogP contribution in [0.15, 0.2) is 45.6 Å². The second-order valence-electron chi connectivity index (χ2n) is 17.8. The number of oxazole rings is 1. The maximum atomic E-state index is 13.7. The van der Waals surface area contributed by atoms with E-state index >= 15 is 0 Å². The van der Waals surface area contributed by atoms with Crippen molar-refractivity contribution in [3.8, 4) is 0 Å². The van der Waals surface area contributed by atoms with Gasteiger partial charge < -0.3 is 48.6 Å². The summed E-state index contributed by atoms with van der Waals surface area (Å²) >= 11 is 0. The van der Waals surface area contributed by atoms with Gasteiger partial charge >= 0.3 is 23.8 Å². The van der Waals surface area contributed by atoms with E-state index in [1.165, 1.54) is 17.4 Å². The number of nitrogens with zero attached hydrogens (tertiary/aromatic N) is 7. The first-order valence-electron chi connectivity index (χ1n) is 22.5. The number of nitrogens with one attached hydrogen (secondary N) is 1. The first-order valence-corrected chi connectivity index (χ1v) is 22.5. The van der Waals surface area contributed by atoms with Gasteiger partial charge in [0.15, 0.2) is 11.7 Å². The van der Waals surface area contributed by atoms with E-state index in [1.54, 1.807) is 22.9 Å². The van der Waals surface area contributed by atoms with Gasteiger partial charge in [0.2, 0.25) is 0 Å². The summed E-state index contributed by atoms with van der Waals surface area (Å²) in [6.07, 6.45) is 4.60. The second-order valence-corrected chi connectivity index (χ2v) is 17.8. The van der Waals surface area contributed by atoms with Crippen molar-refractivity contribution in [1.82, 2.24) is 34.0 Å². The lowest BCUT2D eigenvalue weighted by molar-refractivity contribution is -0.144. The number of para-hydroxylation sites is 1. The highest BCUT2D eigenvalue weighted by Gasteiger charge is 2.35. The van der Waals surface area contributed by atoms with Crippen molar-refractivity contribution < 1.29 is 33.1 Å². The van der Waals surface area contributed by atoms with Crippen LogP contribution in [0.2, 0.25) is 0 Å². The van der Waals surface area contributed by atoms with E-state index < -0.39 is 18.0 Å². The molecule has 16 heteroatoms. The number of carbonyl (C=O) groups is 4. The maximum Gasteiger partial charge on any atom is 0.419 e. The van der Waals surface area contributed by atoms with E-state index in [0.717, 1.165) is 80.4 Å². The summed E-state index contributed by atoms with van der Waals surface area (Å²) in [7, 11) is 7.73. The van der Waals surface area contributed by atoms with Gasteiger partial charge in [0.05, 0.1) is 18.5 Å². The molecule has 16 nitrogen and oxygen atoms in total. The van der Waals surface area contributed by atoms with Crippen molar-refractivity contribution in [1.29, 1.82) is 0 Å². The van der Waals surface area contributed by atoms with E-state index in [9.17, 15) is 24.0 Å². The molecule has 1 aromatic heterocycles. The Morgan fingerprint density at radius 3 is 2.30 bits per heavy atom. The Balaban J connectivity index is 0.000000333. The first kappa shape index (κ1) is 49.1. The molecule has 7 rings (SSSR count). The van der Waals surface area contributed by atoms with Crippen LogP contribution in [0, 0.1) is 12.8 Å². The molecule has 4 aliphatic rings. The summed E-state index contributed by atoms with van der Waals surface area (Å²) < 4.78 is 18.1. The van der Waals surface area contributed by atoms with Gasteiger partial charge in [0.1, 0.15) is 0 Å². The molecule has 0 spiro atoms. The monoisotopic (exact) mass is 877 g/mol. The van der Waals surface area contributed by atoms with E-state index in [-0.39, 0.29) is 37.8 Å². The fourth-order valence-corrected chi connectivity index (χ4v) is 8.79. The van der Waals surface area contributed by atoms with Gasteiger partial charge in [0, 0.05) is 84.1 Å². The first-order chi connectivity index (χ1) is 29.7. The van der Waals surface area contributed by atoms with Gasteiger partial charge in [-0.3, -0.25) is 14.2 Å². The number of piperidine rings is 2. The zero-order valence-electron chi connectivity index (χ0n) is 37.7. The van der Waals surface area contributed by atoms with Gasteiger partial charge in [-0.25, -0.2) is 14.4 Å². The number of anilines is 1. The number of piperazine rings is 1. The van der Waals surface area contributed by atoms with E-state index in [0.29, 0.717) is 69.7 Å². The van der Waals surface area contributed by atoms with Gasteiger partial charge in [-0.2, -0.15) is 0 Å². The number of carbonyl (C=O) groups excluding carboxylic acids is 4. The minimum Gasteiger partial charge on any atom is -0.466 e. The molecule has 3 aromatic rings. The third-order valence-electron chi connectivity index (χ3n) is 12.7. The number of hydrogen-bond acceptors (Lipinski definition) is 11. The number of aromatic nitrogens is 1. The van der Waals surface area contributed by atoms with E-state index in [2.05, 4.69) is 26.9 Å². The Labute approximate surface area is 373 Å². The lowest BCUT2D eigenvalue weighted by Crippen LogP contribution is -2.53. The van der Waals surface area contributed by atoms with Crippen LogP contribution in [-0.4, -0.2) is 170 Å². The summed E-state index contributed by atoms with van der Waals surface area (Å²) in [5.41, 5.74) is 4.68. The molecule has 4 aliphatic heterocycles. The highest BCUT2D eigenvalue weighted by Crippen LogP contribution is 2.26. The number of fused-ring (bicyclic) bond motifs is 2. The average Bonchev–Trinajstić information content (AvgIpc) is 3.43. The molecule has 1 atom stereocenters. The number of aryl methyl sites for hydroxylation is 2. The van der Waals surface area contributed by atoms with Crippen molar-refractivity contribution in [2.75, 3.05) is 105 Å². The molecule has 3 saturated heterocycles. The molecular weight excluding hydrogens is 805 g/mol. The molecule has 63 heavy (non-hydrogen) atoms. The van der Waals surface area contributed by atoms with Crippen molar-refractivity contribution in [2.45, 2.75) is 84.8 Å². The fraction of sp³-hybridized carbons (Fsp3) is 0.638. The minimum absolute atomic E-state index is 0. The number of urea groups is 1. The third kappa shape index (κ3) is 13.5. The Hall–Kier alpha value is -4.93. The molecular formula is C47H72N8O8. The molecule has 0 saturated carbocycles. The summed E-state index contributed by atoms with van der Waals surface area (Å²) in [4.78, 5) is 75.8. The Bertz CT molecular complexity index is 2040. The molecule has 0 radical (unpaired) electrons. The Morgan fingerprint density at radius 2 is 1.60 bits per heavy atom. The average molecular weight is 877 g/mol. The van der Waals surface area contributed by atoms with Crippen LogP contribution in [0.4, 0.5) is 15.3 Å². The SMILES string of the molecule is C.CC1CCN(CCC(=O)OCCCN(C)C)CC1.Cc1cc(C[C@@H](OC(=O)N2CCC(N3CCc4ccccc4NC3=O)CC2)C(=O)N2CCN(C)CC2)cc2oc(=O)n(C)c12. The smallest absolute Gasteiger partial charge is 0.419 e. The highest BCUT2D eigenvalue weighted by atomic mass is 16.6. The van der Waals surface area contributed by atoms with Crippen LogP contribution in [0.1, 0.15) is 69.6 Å². The number of likely N-dealkylation sites (N-methyl/N-ethyl adjacent to an activating group) is 1. The van der Waals surface area contributed by atoms with Gasteiger partial charge in [-0.1, -0.05) is 38.6 Å². The molecule has 348 valence electrons. The molecule has 0 unspecified atom stereocenters. The molecule has 2 aromatic carbocycles. The molecule has 5 heterocycles. The zero-order chi connectivity index (χ0) is 44.3. The summed E-state index contributed by atoms with van der Waals surface area (Å²) in [6, 6.07) is 11.4. The van der Waals surface area contributed by atoms with Crippen molar-refractivity contribution in [3.05, 3.63) is 63.6 Å². The summed E-state index contributed by atoms with van der Waals surface area (Å²) in [5, 5.41) is 3.03. The Morgan fingerprint density at radius 1 is 0.905 bits per heavy atom. The second kappa shape index (κ2) is 23.1. The number of ether oxygens (including phenoxy) is 2. The van der Waals surface area contributed by atoms with Crippen molar-refractivity contribution in [3.63, 3.8) is 0 Å². The topological polar surface area (TPSA) is 153 Å². The largest absolute Gasteiger partial charge is 0.466 e. The van der Waals surface area contributed by atoms with Crippen LogP contribution in [0.3, 0.4) is 0 Å². The predicted molar refractivity (Wildman–Crippen MR) is 245 cm³/mol. The molecule has 1 N–H and O–H groups in total. The number of rotatable bonds is 12. The van der Waals surface area contributed by atoms with Crippen LogP contribution in [-0.2, 0) is 39.0 Å². The maximum absolute atomic E-state index is 13.7. The number of benzene rings is 2. The van der Waals surface area contributed by atoms with Crippen LogP contribution in [0.5, 0.6) is 0 Å². The Kier molecular flexibility index (Phi) is 18.0. The zero-order valence-corrected chi connectivity index (χ0v) is 37.7. The quantitative estimate of drug-likeness (QED) is 0.192. The lowest BCUT2D eigenvalue weighted by Gasteiger charge is -2.38. The van der Waals surface area contributed by atoms with Crippen LogP contribution >= 0.6 is 0 Å².